The zero-order chi connectivity index (χ0) is 40.4. The smallest absolute Gasteiger partial charge is 0.410 e. The van der Waals surface area contributed by atoms with E-state index in [1.807, 2.05) is 4.90 Å². The Kier molecular flexibility index (Phi) is 15.7. The van der Waals surface area contributed by atoms with Gasteiger partial charge in [0.1, 0.15) is 22.4 Å². The monoisotopic (exact) mass is 751 g/mol. The first-order valence-corrected chi connectivity index (χ1v) is 18.1. The average Bonchev–Trinajstić information content (AvgIpc) is 2.95. The van der Waals surface area contributed by atoms with Gasteiger partial charge in [-0.05, 0) is 95.1 Å². The summed E-state index contributed by atoms with van der Waals surface area (Å²) < 4.78 is 22.7. The highest BCUT2D eigenvalue weighted by atomic mass is 16.6. The lowest BCUT2D eigenvalue weighted by Gasteiger charge is -2.36. The molecule has 1 atom stereocenters. The molecule has 2 N–H and O–H groups in total. The third kappa shape index (κ3) is 18.3. The van der Waals surface area contributed by atoms with E-state index in [4.69, 9.17) is 18.9 Å². The number of nitrogens with zero attached hydrogens (tertiary/aromatic N) is 5. The molecule has 4 amide bonds. The summed E-state index contributed by atoms with van der Waals surface area (Å²) in [5, 5.41) is 12.3. The van der Waals surface area contributed by atoms with Crippen molar-refractivity contribution in [3.8, 4) is 0 Å². The molecule has 300 valence electrons. The van der Waals surface area contributed by atoms with Gasteiger partial charge in [-0.15, -0.1) is 0 Å². The van der Waals surface area contributed by atoms with Crippen LogP contribution in [-0.4, -0.2) is 141 Å². The lowest BCUT2D eigenvalue weighted by atomic mass is 10.0. The molecule has 0 bridgehead atoms. The summed E-state index contributed by atoms with van der Waals surface area (Å²) in [4.78, 5) is 71.2. The quantitative estimate of drug-likeness (QED) is 0.260. The Hall–Kier alpha value is -4.34. The van der Waals surface area contributed by atoms with E-state index >= 15 is 0 Å². The third-order valence-corrected chi connectivity index (χ3v) is 7.45. The SMILES string of the molecule is CC(C)(C)OC(=O)NC(Cc1ccc([N+](=O)O)cc1)CN1CCN(C(=O)OC(C)(C)C)CCN(C(=O)OC(C)(C)C)CCN(C(=O)OC(C)(C)C)CC1. The first-order valence-electron chi connectivity index (χ1n) is 18.1. The molecule has 16 nitrogen and oxygen atoms in total. The van der Waals surface area contributed by atoms with Crippen molar-refractivity contribution >= 4 is 30.1 Å². The summed E-state index contributed by atoms with van der Waals surface area (Å²) in [5.41, 5.74) is -2.22. The molecule has 0 radical (unpaired) electrons. The van der Waals surface area contributed by atoms with Gasteiger partial charge in [0.2, 0.25) is 0 Å². The fraction of sp³-hybridized carbons (Fsp3) is 0.730. The normalized spacial score (nSPS) is 16.4. The summed E-state index contributed by atoms with van der Waals surface area (Å²) in [6, 6.07) is 5.79. The molecule has 53 heavy (non-hydrogen) atoms. The summed E-state index contributed by atoms with van der Waals surface area (Å²) >= 11 is 0. The number of hydrogen-bond acceptors (Lipinski definition) is 10. The number of carbonyl (C=O) groups excluding carboxylic acids is 4. The third-order valence-electron chi connectivity index (χ3n) is 7.45. The van der Waals surface area contributed by atoms with Crippen LogP contribution in [0.15, 0.2) is 24.3 Å². The van der Waals surface area contributed by atoms with Gasteiger partial charge in [0.05, 0.1) is 4.91 Å². The van der Waals surface area contributed by atoms with Crippen LogP contribution in [0.25, 0.3) is 0 Å². The van der Waals surface area contributed by atoms with Crippen molar-refractivity contribution in [2.24, 2.45) is 0 Å². The number of hydrogen-bond donors (Lipinski definition) is 2. The van der Waals surface area contributed by atoms with E-state index in [1.54, 1.807) is 105 Å². The van der Waals surface area contributed by atoms with Gasteiger partial charge in [-0.3, -0.25) is 4.90 Å². The van der Waals surface area contributed by atoms with Crippen molar-refractivity contribution in [3.63, 3.8) is 0 Å². The largest absolute Gasteiger partial charge is 0.444 e. The van der Waals surface area contributed by atoms with E-state index in [2.05, 4.69) is 5.32 Å². The number of nitrogens with one attached hydrogen (secondary N) is 1. The number of ether oxygens (including phenoxy) is 4. The Morgan fingerprint density at radius 3 is 1.28 bits per heavy atom. The Labute approximate surface area is 314 Å². The van der Waals surface area contributed by atoms with Crippen LogP contribution in [0.1, 0.15) is 88.6 Å². The van der Waals surface area contributed by atoms with Crippen LogP contribution in [-0.2, 0) is 25.4 Å². The molecule has 1 aromatic carbocycles. The molecule has 1 aliphatic heterocycles. The van der Waals surface area contributed by atoms with E-state index in [0.717, 1.165) is 5.56 Å². The van der Waals surface area contributed by atoms with E-state index in [1.165, 1.54) is 17.0 Å². The van der Waals surface area contributed by atoms with E-state index in [9.17, 15) is 29.3 Å². The number of rotatable bonds is 6. The van der Waals surface area contributed by atoms with E-state index < -0.39 is 52.8 Å². The molecule has 1 unspecified atom stereocenters. The molecule has 0 aliphatic carbocycles. The van der Waals surface area contributed by atoms with Crippen molar-refractivity contribution in [3.05, 3.63) is 34.7 Å². The Balaban J connectivity index is 2.51. The number of amides is 4. The fourth-order valence-corrected chi connectivity index (χ4v) is 5.16. The number of alkyl carbamates (subject to hydrolysis) is 1. The standard InChI is InChI=1S/C37H62N6O10/c1-34(2,3)50-30(44)38-28(25-27-13-15-29(16-14-27)43(48)49)26-39-17-19-40(31(45)51-35(4,5)6)21-23-42(33(47)53-37(10,11)12)24-22-41(20-18-39)32(46)52-36(7,8)9/h13-16,28H,17-26H2,1-12H3,(H-,38,44,48,49)/p+1. The van der Waals surface area contributed by atoms with Gasteiger partial charge in [0.25, 0.3) is 4.92 Å². The van der Waals surface area contributed by atoms with Crippen LogP contribution >= 0.6 is 0 Å². The van der Waals surface area contributed by atoms with Gasteiger partial charge in [0.15, 0.2) is 0 Å². The predicted molar refractivity (Wildman–Crippen MR) is 198 cm³/mol. The number of carbonyl (C=O) groups is 4. The van der Waals surface area contributed by atoms with Crippen molar-refractivity contribution in [1.29, 1.82) is 0 Å². The van der Waals surface area contributed by atoms with Crippen molar-refractivity contribution < 1.29 is 48.3 Å². The molecule has 2 rings (SSSR count). The lowest BCUT2D eigenvalue weighted by Crippen LogP contribution is -2.53. The average molecular weight is 752 g/mol. The maximum atomic E-state index is 13.5. The highest BCUT2D eigenvalue weighted by molar-refractivity contribution is 5.70. The molecule has 1 aliphatic rings. The molecule has 1 aromatic rings. The second-order valence-electron chi connectivity index (χ2n) is 17.2. The molecule has 1 heterocycles. The Morgan fingerprint density at radius 1 is 0.623 bits per heavy atom. The van der Waals surface area contributed by atoms with Crippen LogP contribution in [0.2, 0.25) is 0 Å². The fourth-order valence-electron chi connectivity index (χ4n) is 5.16. The van der Waals surface area contributed by atoms with Crippen LogP contribution in [0.4, 0.5) is 24.9 Å². The summed E-state index contributed by atoms with van der Waals surface area (Å²) in [7, 11) is 0. The lowest BCUT2D eigenvalue weighted by molar-refractivity contribution is -0.729. The zero-order valence-corrected chi connectivity index (χ0v) is 33.8. The molecular weight excluding hydrogens is 688 g/mol. The van der Waals surface area contributed by atoms with Crippen LogP contribution in [0.3, 0.4) is 0 Å². The maximum Gasteiger partial charge on any atom is 0.410 e. The van der Waals surface area contributed by atoms with Crippen molar-refractivity contribution in [1.82, 2.24) is 24.9 Å². The van der Waals surface area contributed by atoms with Crippen LogP contribution < -0.4 is 5.32 Å². The van der Waals surface area contributed by atoms with Crippen LogP contribution in [0.5, 0.6) is 0 Å². The number of benzene rings is 1. The molecule has 1 saturated heterocycles. The summed E-state index contributed by atoms with van der Waals surface area (Å²) in [6.07, 6.45) is -1.96. The predicted octanol–water partition coefficient (Wildman–Crippen LogP) is 5.95. The van der Waals surface area contributed by atoms with Gasteiger partial charge in [-0.1, -0.05) is 12.1 Å². The van der Waals surface area contributed by atoms with Gasteiger partial charge in [-0.2, -0.15) is 0 Å². The second kappa shape index (κ2) is 18.6. The van der Waals surface area contributed by atoms with Crippen LogP contribution in [0, 0.1) is 4.91 Å². The molecule has 1 fully saturated rings. The van der Waals surface area contributed by atoms with Gasteiger partial charge in [-0.25, -0.2) is 24.4 Å². The highest BCUT2D eigenvalue weighted by Crippen LogP contribution is 2.17. The minimum Gasteiger partial charge on any atom is -0.444 e. The minimum atomic E-state index is -0.768. The van der Waals surface area contributed by atoms with Gasteiger partial charge < -0.3 is 39.0 Å². The van der Waals surface area contributed by atoms with Crippen molar-refractivity contribution in [2.45, 2.75) is 118 Å². The summed E-state index contributed by atoms with van der Waals surface area (Å²) in [6.45, 7) is 23.1. The first-order chi connectivity index (χ1) is 24.2. The van der Waals surface area contributed by atoms with E-state index in [-0.39, 0.29) is 56.4 Å². The zero-order valence-electron chi connectivity index (χ0n) is 33.8. The molecule has 0 saturated carbocycles. The van der Waals surface area contributed by atoms with Gasteiger partial charge in [0, 0.05) is 77.1 Å². The first kappa shape index (κ1) is 44.8. The Bertz CT molecular complexity index is 1350. The topological polar surface area (TPSA) is 170 Å². The Morgan fingerprint density at radius 2 is 0.962 bits per heavy atom. The van der Waals surface area contributed by atoms with E-state index in [0.29, 0.717) is 19.5 Å². The molecule has 0 spiro atoms. The second-order valence-corrected chi connectivity index (χ2v) is 17.2. The maximum absolute atomic E-state index is 13.5. The molecule has 16 heteroatoms. The summed E-state index contributed by atoms with van der Waals surface area (Å²) in [5.74, 6) is 0. The molecule has 0 aromatic heterocycles. The minimum absolute atomic E-state index is 0.0585. The van der Waals surface area contributed by atoms with Crippen molar-refractivity contribution in [2.75, 3.05) is 58.9 Å². The highest BCUT2D eigenvalue weighted by Gasteiger charge is 2.31. The van der Waals surface area contributed by atoms with Gasteiger partial charge >= 0.3 is 30.1 Å². The molecular formula is C37H63N6O10+.